The molecular formula is C13H11ClN2O3S. The first-order chi connectivity index (χ1) is 9.61. The van der Waals surface area contributed by atoms with Crippen molar-refractivity contribution in [3.63, 3.8) is 0 Å². The van der Waals surface area contributed by atoms with Gasteiger partial charge >= 0.3 is 5.97 Å². The maximum atomic E-state index is 11.9. The lowest BCUT2D eigenvalue weighted by molar-refractivity contribution is 0.0512. The van der Waals surface area contributed by atoms with E-state index < -0.39 is 5.97 Å². The lowest BCUT2D eigenvalue weighted by atomic mass is 10.2. The van der Waals surface area contributed by atoms with E-state index >= 15 is 0 Å². The highest BCUT2D eigenvalue weighted by Crippen LogP contribution is 2.23. The number of oxime groups is 1. The van der Waals surface area contributed by atoms with Gasteiger partial charge < -0.3 is 15.3 Å². The van der Waals surface area contributed by atoms with Crippen molar-refractivity contribution in [1.82, 2.24) is 0 Å². The molecule has 0 atom stereocenters. The highest BCUT2D eigenvalue weighted by atomic mass is 35.5. The van der Waals surface area contributed by atoms with Crippen molar-refractivity contribution in [2.24, 2.45) is 10.9 Å². The number of amidine groups is 1. The summed E-state index contributed by atoms with van der Waals surface area (Å²) in [6.45, 7) is 0. The SMILES string of the molecule is COc1ccc(Cl)cc1C(=O)O/N=C(\N)c1cccs1. The fourth-order valence-corrected chi connectivity index (χ4v) is 2.24. The Kier molecular flexibility index (Phi) is 4.60. The van der Waals surface area contributed by atoms with Crippen molar-refractivity contribution in [3.05, 3.63) is 51.2 Å². The van der Waals surface area contributed by atoms with Crippen LogP contribution in [0.4, 0.5) is 0 Å². The summed E-state index contributed by atoms with van der Waals surface area (Å²) < 4.78 is 5.06. The lowest BCUT2D eigenvalue weighted by Gasteiger charge is -2.06. The molecule has 0 aliphatic carbocycles. The molecule has 1 heterocycles. The van der Waals surface area contributed by atoms with Crippen LogP contribution in [0.15, 0.2) is 40.9 Å². The van der Waals surface area contributed by atoms with Crippen LogP contribution in [0.25, 0.3) is 0 Å². The molecule has 0 aliphatic heterocycles. The summed E-state index contributed by atoms with van der Waals surface area (Å²) in [4.78, 5) is 17.5. The van der Waals surface area contributed by atoms with Gasteiger partial charge in [-0.2, -0.15) is 0 Å². The number of hydrogen-bond acceptors (Lipinski definition) is 5. The number of nitrogens with two attached hydrogens (primary N) is 1. The molecule has 0 amide bonds. The summed E-state index contributed by atoms with van der Waals surface area (Å²) in [5.74, 6) is -0.206. The summed E-state index contributed by atoms with van der Waals surface area (Å²) in [6.07, 6.45) is 0. The fraction of sp³-hybridized carbons (Fsp3) is 0.0769. The standard InChI is InChI=1S/C13H11ClN2O3S/c1-18-10-5-4-8(14)7-9(10)13(17)19-16-12(15)11-3-2-6-20-11/h2-7H,1H3,(H2,15,16). The summed E-state index contributed by atoms with van der Waals surface area (Å²) in [5.41, 5.74) is 5.88. The third kappa shape index (κ3) is 3.28. The summed E-state index contributed by atoms with van der Waals surface area (Å²) in [7, 11) is 1.45. The quantitative estimate of drug-likeness (QED) is 0.408. The largest absolute Gasteiger partial charge is 0.496 e. The number of benzene rings is 1. The zero-order valence-corrected chi connectivity index (χ0v) is 12.1. The van der Waals surface area contributed by atoms with Crippen LogP contribution >= 0.6 is 22.9 Å². The first kappa shape index (κ1) is 14.4. The minimum Gasteiger partial charge on any atom is -0.496 e. The topological polar surface area (TPSA) is 73.9 Å². The predicted octanol–water partition coefficient (Wildman–Crippen LogP) is 2.89. The van der Waals surface area contributed by atoms with Gasteiger partial charge in [0.1, 0.15) is 11.3 Å². The second kappa shape index (κ2) is 6.40. The van der Waals surface area contributed by atoms with Gasteiger partial charge in [0, 0.05) is 5.02 Å². The lowest BCUT2D eigenvalue weighted by Crippen LogP contribution is -2.14. The Balaban J connectivity index is 2.16. The van der Waals surface area contributed by atoms with Gasteiger partial charge in [0.2, 0.25) is 0 Å². The van der Waals surface area contributed by atoms with Crippen LogP contribution in [-0.2, 0) is 4.84 Å². The predicted molar refractivity (Wildman–Crippen MR) is 78.5 cm³/mol. The first-order valence-corrected chi connectivity index (χ1v) is 6.80. The van der Waals surface area contributed by atoms with Crippen molar-refractivity contribution < 1.29 is 14.4 Å². The maximum Gasteiger partial charge on any atom is 0.369 e. The number of ether oxygens (including phenoxy) is 1. The molecule has 0 fully saturated rings. The van der Waals surface area contributed by atoms with Crippen LogP contribution in [0.3, 0.4) is 0 Å². The minimum absolute atomic E-state index is 0.134. The van der Waals surface area contributed by atoms with Crippen molar-refractivity contribution in [3.8, 4) is 5.75 Å². The minimum atomic E-state index is -0.691. The van der Waals surface area contributed by atoms with Crippen molar-refractivity contribution in [2.75, 3.05) is 7.11 Å². The molecule has 1 aromatic heterocycles. The number of methoxy groups -OCH3 is 1. The van der Waals surface area contributed by atoms with Gasteiger partial charge in [-0.1, -0.05) is 22.8 Å². The van der Waals surface area contributed by atoms with Crippen LogP contribution in [0.2, 0.25) is 5.02 Å². The Morgan fingerprint density at radius 3 is 2.85 bits per heavy atom. The molecule has 5 nitrogen and oxygen atoms in total. The molecule has 7 heteroatoms. The Morgan fingerprint density at radius 2 is 2.20 bits per heavy atom. The molecule has 0 aliphatic rings. The molecule has 0 spiro atoms. The Hall–Kier alpha value is -2.05. The zero-order valence-electron chi connectivity index (χ0n) is 10.5. The van der Waals surface area contributed by atoms with Gasteiger partial charge in [0.25, 0.3) is 0 Å². The Morgan fingerprint density at radius 1 is 1.40 bits per heavy atom. The van der Waals surface area contributed by atoms with Gasteiger partial charge in [-0.25, -0.2) is 4.79 Å². The van der Waals surface area contributed by atoms with Crippen LogP contribution in [0.1, 0.15) is 15.2 Å². The van der Waals surface area contributed by atoms with Gasteiger partial charge in [0.05, 0.1) is 12.0 Å². The third-order valence-electron chi connectivity index (χ3n) is 2.38. The zero-order chi connectivity index (χ0) is 14.5. The molecule has 0 bridgehead atoms. The van der Waals surface area contributed by atoms with Gasteiger partial charge in [-0.15, -0.1) is 11.3 Å². The molecule has 1 aromatic carbocycles. The maximum absolute atomic E-state index is 11.9. The average Bonchev–Trinajstić information content (AvgIpc) is 2.98. The Labute approximate surface area is 124 Å². The molecule has 104 valence electrons. The van der Waals surface area contributed by atoms with Crippen molar-refractivity contribution in [2.45, 2.75) is 0 Å². The molecule has 0 radical (unpaired) electrons. The number of hydrogen-bond donors (Lipinski definition) is 1. The van der Waals surface area contributed by atoms with E-state index in [1.54, 1.807) is 18.2 Å². The fourth-order valence-electron chi connectivity index (χ4n) is 1.45. The van der Waals surface area contributed by atoms with E-state index in [4.69, 9.17) is 26.9 Å². The number of carbonyl (C=O) groups is 1. The number of halogens is 1. The number of carbonyl (C=O) groups excluding carboxylic acids is 1. The smallest absolute Gasteiger partial charge is 0.369 e. The second-order valence-electron chi connectivity index (χ2n) is 3.68. The van der Waals surface area contributed by atoms with E-state index in [2.05, 4.69) is 5.16 Å². The molecule has 0 unspecified atom stereocenters. The molecule has 2 N–H and O–H groups in total. The van der Waals surface area contributed by atoms with Crippen LogP contribution in [0, 0.1) is 0 Å². The summed E-state index contributed by atoms with van der Waals surface area (Å²) in [6, 6.07) is 8.23. The third-order valence-corrected chi connectivity index (χ3v) is 3.51. The molecule has 0 saturated heterocycles. The highest BCUT2D eigenvalue weighted by Gasteiger charge is 2.15. The summed E-state index contributed by atoms with van der Waals surface area (Å²) >= 11 is 7.24. The average molecular weight is 311 g/mol. The van der Waals surface area contributed by atoms with Crippen LogP contribution < -0.4 is 10.5 Å². The molecule has 0 saturated carbocycles. The molecular weight excluding hydrogens is 300 g/mol. The number of thiophene rings is 1. The van der Waals surface area contributed by atoms with Crippen molar-refractivity contribution in [1.29, 1.82) is 0 Å². The van der Waals surface area contributed by atoms with Gasteiger partial charge in [-0.3, -0.25) is 0 Å². The molecule has 20 heavy (non-hydrogen) atoms. The van der Waals surface area contributed by atoms with E-state index in [0.717, 1.165) is 4.88 Å². The van der Waals surface area contributed by atoms with Gasteiger partial charge in [-0.05, 0) is 29.6 Å². The van der Waals surface area contributed by atoms with Crippen LogP contribution in [-0.4, -0.2) is 18.9 Å². The summed E-state index contributed by atoms with van der Waals surface area (Å²) in [5, 5.41) is 5.85. The first-order valence-electron chi connectivity index (χ1n) is 5.54. The number of rotatable bonds is 4. The van der Waals surface area contributed by atoms with E-state index in [9.17, 15) is 4.79 Å². The Bertz CT molecular complexity index is 641. The van der Waals surface area contributed by atoms with Crippen LogP contribution in [0.5, 0.6) is 5.75 Å². The normalized spacial score (nSPS) is 11.2. The van der Waals surface area contributed by atoms with Gasteiger partial charge in [0.15, 0.2) is 5.84 Å². The highest BCUT2D eigenvalue weighted by molar-refractivity contribution is 7.12. The second-order valence-corrected chi connectivity index (χ2v) is 5.06. The van der Waals surface area contributed by atoms with E-state index in [1.807, 2.05) is 11.4 Å². The molecule has 2 rings (SSSR count). The number of nitrogens with zero attached hydrogens (tertiary/aromatic N) is 1. The monoisotopic (exact) mass is 310 g/mol. The van der Waals surface area contributed by atoms with E-state index in [1.165, 1.54) is 24.5 Å². The van der Waals surface area contributed by atoms with E-state index in [0.29, 0.717) is 10.8 Å². The molecule has 2 aromatic rings. The van der Waals surface area contributed by atoms with Crippen molar-refractivity contribution >= 4 is 34.7 Å². The van der Waals surface area contributed by atoms with E-state index in [-0.39, 0.29) is 11.4 Å².